The van der Waals surface area contributed by atoms with E-state index in [-0.39, 0.29) is 6.99 Å². The van der Waals surface area contributed by atoms with Crippen LogP contribution >= 0.6 is 11.3 Å². The van der Waals surface area contributed by atoms with E-state index in [0.717, 1.165) is 26.5 Å². The summed E-state index contributed by atoms with van der Waals surface area (Å²) in [6.45, 7) is 5.97. The highest BCUT2D eigenvalue weighted by molar-refractivity contribution is 7.22. The average Bonchev–Trinajstić information content (AvgIpc) is 3.02. The molecule has 4 rings (SSSR count). The second kappa shape index (κ2) is 7.97. The predicted octanol–water partition coefficient (Wildman–Crippen LogP) is 5.98. The first-order valence-corrected chi connectivity index (χ1v) is 9.45. The summed E-state index contributed by atoms with van der Waals surface area (Å²) in [5.74, 6) is 0.458. The number of hydrogen-bond donors (Lipinski definition) is 2. The van der Waals surface area contributed by atoms with Gasteiger partial charge < -0.3 is 5.32 Å². The minimum Gasteiger partial charge on any atom is -0.326 e. The minimum atomic E-state index is -0.116. The van der Waals surface area contributed by atoms with Gasteiger partial charge in [0, 0.05) is 12.0 Å². The van der Waals surface area contributed by atoms with Crippen LogP contribution in [0, 0.1) is 6.92 Å². The number of aromatic nitrogens is 2. The van der Waals surface area contributed by atoms with E-state index >= 15 is 0 Å². The van der Waals surface area contributed by atoms with Crippen LogP contribution in [0.5, 0.6) is 0 Å². The van der Waals surface area contributed by atoms with E-state index in [1.54, 1.807) is 11.3 Å². The quantitative estimate of drug-likeness (QED) is 0.470. The molecule has 0 amide bonds. The zero-order valence-corrected chi connectivity index (χ0v) is 15.9. The lowest BCUT2D eigenvalue weighted by Gasteiger charge is -2.04. The van der Waals surface area contributed by atoms with Gasteiger partial charge in [-0.15, -0.1) is 11.3 Å². The minimum absolute atomic E-state index is 0. The Morgan fingerprint density at radius 2 is 1.62 bits per heavy atom. The molecule has 2 heterocycles. The summed E-state index contributed by atoms with van der Waals surface area (Å²) in [5, 5.41) is 3.81. The van der Waals surface area contributed by atoms with Crippen LogP contribution in [-0.4, -0.2) is 9.97 Å². The Hall–Kier alpha value is -2.92. The lowest BCUT2D eigenvalue weighted by atomic mass is 10.1. The molecule has 4 nitrogen and oxygen atoms in total. The van der Waals surface area contributed by atoms with Gasteiger partial charge in [0.15, 0.2) is 0 Å². The molecule has 0 saturated carbocycles. The number of nitrogens with one attached hydrogen (secondary N) is 2. The third-order valence-corrected chi connectivity index (χ3v) is 5.11. The highest BCUT2D eigenvalue weighted by Gasteiger charge is 2.15. The third kappa shape index (κ3) is 3.53. The molecule has 5 heteroatoms. The number of thiophene rings is 1. The smallest absolute Gasteiger partial charge is 0.261 e. The normalized spacial score (nSPS) is 10.3. The molecule has 0 radical (unpaired) electrons. The van der Waals surface area contributed by atoms with Gasteiger partial charge in [0.05, 0.1) is 5.39 Å². The van der Waals surface area contributed by atoms with Crippen LogP contribution in [0.2, 0.25) is 0 Å². The van der Waals surface area contributed by atoms with E-state index in [1.165, 1.54) is 0 Å². The maximum atomic E-state index is 12.5. The maximum Gasteiger partial charge on any atom is 0.261 e. The summed E-state index contributed by atoms with van der Waals surface area (Å²) in [5.41, 5.74) is 2.85. The zero-order chi connectivity index (χ0) is 18.5. The van der Waals surface area contributed by atoms with E-state index in [0.29, 0.717) is 11.3 Å². The second-order valence-corrected chi connectivity index (χ2v) is 6.51. The predicted molar refractivity (Wildman–Crippen MR) is 114 cm³/mol. The number of nitrogens with zero attached hydrogens (tertiary/aromatic N) is 1. The average molecular weight is 366 g/mol. The number of benzene rings is 2. The molecule has 0 saturated heterocycles. The monoisotopic (exact) mass is 365 g/mol. The number of aromatic amines is 1. The highest BCUT2D eigenvalue weighted by Crippen LogP contribution is 2.35. The topological polar surface area (TPSA) is 57.8 Å². The van der Waals surface area contributed by atoms with Crippen molar-refractivity contribution in [3.05, 3.63) is 76.6 Å². The molecule has 26 heavy (non-hydrogen) atoms. The fourth-order valence-corrected chi connectivity index (χ4v) is 3.91. The lowest BCUT2D eigenvalue weighted by Crippen LogP contribution is -2.10. The van der Waals surface area contributed by atoms with Crippen molar-refractivity contribution in [1.29, 1.82) is 0 Å². The standard InChI is InChI=1S/C19H15N3OS.C2H6.H2/c1-12-15-17(23)21-19(20-14-10-6-3-7-11-14)22-18(15)24-16(12)13-8-4-2-5-9-13;1-2;/h2-11H,1H3,(H2,20,21,22,23);1-2H3;1H. The van der Waals surface area contributed by atoms with Gasteiger partial charge in [0.25, 0.3) is 5.56 Å². The van der Waals surface area contributed by atoms with Crippen molar-refractivity contribution >= 4 is 33.2 Å². The summed E-state index contributed by atoms with van der Waals surface area (Å²) in [6, 6.07) is 19.8. The van der Waals surface area contributed by atoms with Crippen molar-refractivity contribution in [1.82, 2.24) is 9.97 Å². The second-order valence-electron chi connectivity index (χ2n) is 5.51. The molecule has 0 atom stereocenters. The van der Waals surface area contributed by atoms with E-state index in [4.69, 9.17) is 0 Å². The van der Waals surface area contributed by atoms with Gasteiger partial charge in [0.2, 0.25) is 5.95 Å². The van der Waals surface area contributed by atoms with Crippen molar-refractivity contribution in [2.75, 3.05) is 5.32 Å². The van der Waals surface area contributed by atoms with Crippen LogP contribution in [0.15, 0.2) is 65.5 Å². The van der Waals surface area contributed by atoms with Crippen molar-refractivity contribution in [2.24, 2.45) is 0 Å². The van der Waals surface area contributed by atoms with Gasteiger partial charge >= 0.3 is 0 Å². The summed E-state index contributed by atoms with van der Waals surface area (Å²) in [4.78, 5) is 21.8. The molecular formula is C21H23N3OS. The Morgan fingerprint density at radius 1 is 1.00 bits per heavy atom. The van der Waals surface area contributed by atoms with Gasteiger partial charge in [0.1, 0.15) is 4.83 Å². The Labute approximate surface area is 158 Å². The zero-order valence-electron chi connectivity index (χ0n) is 15.0. The molecule has 2 aromatic carbocycles. The van der Waals surface area contributed by atoms with Gasteiger partial charge in [-0.25, -0.2) is 4.98 Å². The maximum absolute atomic E-state index is 12.5. The van der Waals surface area contributed by atoms with Crippen molar-refractivity contribution in [2.45, 2.75) is 20.8 Å². The van der Waals surface area contributed by atoms with Crippen LogP contribution in [0.4, 0.5) is 11.6 Å². The van der Waals surface area contributed by atoms with E-state index < -0.39 is 0 Å². The first-order valence-electron chi connectivity index (χ1n) is 8.63. The fourth-order valence-electron chi connectivity index (χ4n) is 2.73. The number of hydrogen-bond acceptors (Lipinski definition) is 4. The third-order valence-electron chi connectivity index (χ3n) is 3.87. The number of para-hydroxylation sites is 1. The van der Waals surface area contributed by atoms with Crippen LogP contribution in [0.25, 0.3) is 20.7 Å². The first kappa shape index (κ1) is 17.9. The first-order chi connectivity index (χ1) is 12.7. The molecule has 0 spiro atoms. The molecule has 2 aromatic heterocycles. The SMILES string of the molecule is CC.Cc1c(-c2ccccc2)sc2nc(Nc3ccccc3)[nH]c(=O)c12.[HH]. The summed E-state index contributed by atoms with van der Waals surface area (Å²) in [7, 11) is 0. The number of rotatable bonds is 3. The van der Waals surface area contributed by atoms with Crippen LogP contribution in [0.3, 0.4) is 0 Å². The Balaban J connectivity index is 0.000000844. The summed E-state index contributed by atoms with van der Waals surface area (Å²) < 4.78 is 0. The molecule has 0 fully saturated rings. The molecule has 0 bridgehead atoms. The summed E-state index contributed by atoms with van der Waals surface area (Å²) in [6.07, 6.45) is 0. The Morgan fingerprint density at radius 3 is 2.27 bits per heavy atom. The van der Waals surface area contributed by atoms with Gasteiger partial charge in [-0.1, -0.05) is 62.4 Å². The molecule has 0 aliphatic heterocycles. The van der Waals surface area contributed by atoms with Gasteiger partial charge in [-0.3, -0.25) is 9.78 Å². The van der Waals surface area contributed by atoms with Crippen molar-refractivity contribution in [3.63, 3.8) is 0 Å². The van der Waals surface area contributed by atoms with Crippen molar-refractivity contribution in [3.8, 4) is 10.4 Å². The molecule has 0 unspecified atom stereocenters. The highest BCUT2D eigenvalue weighted by atomic mass is 32.1. The van der Waals surface area contributed by atoms with Crippen LogP contribution in [-0.2, 0) is 0 Å². The number of aryl methyl sites for hydroxylation is 1. The van der Waals surface area contributed by atoms with E-state index in [2.05, 4.69) is 27.4 Å². The van der Waals surface area contributed by atoms with Crippen molar-refractivity contribution < 1.29 is 1.43 Å². The lowest BCUT2D eigenvalue weighted by molar-refractivity contribution is 1.17. The molecule has 4 aromatic rings. The Kier molecular flexibility index (Phi) is 5.49. The molecule has 2 N–H and O–H groups in total. The summed E-state index contributed by atoms with van der Waals surface area (Å²) >= 11 is 1.54. The van der Waals surface area contributed by atoms with E-state index in [1.807, 2.05) is 69.3 Å². The van der Waals surface area contributed by atoms with Gasteiger partial charge in [-0.2, -0.15) is 0 Å². The molecular weight excluding hydrogens is 342 g/mol. The largest absolute Gasteiger partial charge is 0.326 e. The van der Waals surface area contributed by atoms with Crippen LogP contribution < -0.4 is 10.9 Å². The van der Waals surface area contributed by atoms with Crippen LogP contribution in [0.1, 0.15) is 20.8 Å². The Bertz CT molecular complexity index is 1060. The van der Waals surface area contributed by atoms with Gasteiger partial charge in [-0.05, 0) is 30.2 Å². The molecule has 0 aliphatic carbocycles. The molecule has 134 valence electrons. The molecule has 0 aliphatic rings. The number of fused-ring (bicyclic) bond motifs is 1. The van der Waals surface area contributed by atoms with E-state index in [9.17, 15) is 4.79 Å². The number of anilines is 2. The number of H-pyrrole nitrogens is 1. The fraction of sp³-hybridized carbons (Fsp3) is 0.143.